The third-order valence-electron chi connectivity index (χ3n) is 2.65. The average molecular weight is 300 g/mol. The lowest BCUT2D eigenvalue weighted by molar-refractivity contribution is 1.24. The number of H-pyrrole nitrogens is 1. The van der Waals surface area contributed by atoms with Crippen LogP contribution in [0.25, 0.3) is 22.6 Å². The summed E-state index contributed by atoms with van der Waals surface area (Å²) >= 11 is 3.32. The number of imidazole rings is 1. The van der Waals surface area contributed by atoms with Crippen molar-refractivity contribution in [2.24, 2.45) is 0 Å². The predicted molar refractivity (Wildman–Crippen MR) is 75.0 cm³/mol. The van der Waals surface area contributed by atoms with Crippen molar-refractivity contribution >= 4 is 15.9 Å². The van der Waals surface area contributed by atoms with Gasteiger partial charge in [-0.15, -0.1) is 0 Å². The van der Waals surface area contributed by atoms with E-state index >= 15 is 0 Å². The lowest BCUT2D eigenvalue weighted by atomic mass is 10.2. The first kappa shape index (κ1) is 11.2. The van der Waals surface area contributed by atoms with Crippen molar-refractivity contribution in [3.8, 4) is 22.6 Å². The second-order valence-electron chi connectivity index (χ2n) is 3.87. The van der Waals surface area contributed by atoms with Crippen molar-refractivity contribution < 1.29 is 0 Å². The zero-order chi connectivity index (χ0) is 12.4. The summed E-state index contributed by atoms with van der Waals surface area (Å²) in [6, 6.07) is 14.0. The fraction of sp³-hybridized carbons (Fsp3) is 0. The molecule has 0 fully saturated rings. The molecule has 0 bridgehead atoms. The first-order valence-corrected chi connectivity index (χ1v) is 6.35. The van der Waals surface area contributed by atoms with Gasteiger partial charge in [0.25, 0.3) is 0 Å². The molecular formula is C14H10BrN3. The van der Waals surface area contributed by atoms with Crippen molar-refractivity contribution in [2.75, 3.05) is 0 Å². The molecule has 3 aromatic rings. The quantitative estimate of drug-likeness (QED) is 0.729. The van der Waals surface area contributed by atoms with Crippen molar-refractivity contribution in [3.05, 3.63) is 59.5 Å². The van der Waals surface area contributed by atoms with Crippen LogP contribution < -0.4 is 0 Å². The van der Waals surface area contributed by atoms with E-state index in [1.165, 1.54) is 0 Å². The van der Waals surface area contributed by atoms with E-state index in [9.17, 15) is 0 Å². The Morgan fingerprint density at radius 3 is 2.50 bits per heavy atom. The van der Waals surface area contributed by atoms with Gasteiger partial charge < -0.3 is 4.98 Å². The van der Waals surface area contributed by atoms with E-state index in [1.807, 2.05) is 48.7 Å². The summed E-state index contributed by atoms with van der Waals surface area (Å²) in [5, 5.41) is 0. The Labute approximate surface area is 113 Å². The fourth-order valence-corrected chi connectivity index (χ4v) is 1.98. The van der Waals surface area contributed by atoms with Crippen LogP contribution in [0.5, 0.6) is 0 Å². The number of hydrogen-bond donors (Lipinski definition) is 1. The zero-order valence-electron chi connectivity index (χ0n) is 9.47. The number of halogens is 1. The highest BCUT2D eigenvalue weighted by Crippen LogP contribution is 2.21. The summed E-state index contributed by atoms with van der Waals surface area (Å²) in [7, 11) is 0. The summed E-state index contributed by atoms with van der Waals surface area (Å²) in [5.74, 6) is 0.828. The Bertz CT molecular complexity index is 644. The number of nitrogens with zero attached hydrogens (tertiary/aromatic N) is 2. The Balaban J connectivity index is 1.97. The highest BCUT2D eigenvalue weighted by Gasteiger charge is 2.05. The standard InChI is InChI=1S/C14H10BrN3/c15-13-7-6-11(8-16-13)14-17-9-12(18-14)10-4-2-1-3-5-10/h1-9H,(H,17,18). The second kappa shape index (κ2) is 4.74. The van der Waals surface area contributed by atoms with Crippen LogP contribution in [0.1, 0.15) is 0 Å². The lowest BCUT2D eigenvalue weighted by Crippen LogP contribution is -1.83. The number of aromatic nitrogens is 3. The third kappa shape index (κ3) is 2.19. The van der Waals surface area contributed by atoms with Crippen LogP contribution in [-0.4, -0.2) is 15.0 Å². The second-order valence-corrected chi connectivity index (χ2v) is 4.68. The minimum atomic E-state index is 0.820. The van der Waals surface area contributed by atoms with Gasteiger partial charge in [-0.05, 0) is 28.1 Å². The maximum absolute atomic E-state index is 4.57. The molecule has 0 unspecified atom stereocenters. The number of nitrogens with one attached hydrogen (secondary N) is 1. The predicted octanol–water partition coefficient (Wildman–Crippen LogP) is 3.90. The van der Waals surface area contributed by atoms with Gasteiger partial charge in [-0.1, -0.05) is 30.3 Å². The Hall–Kier alpha value is -1.94. The largest absolute Gasteiger partial charge is 0.344 e. The topological polar surface area (TPSA) is 41.6 Å². The molecule has 18 heavy (non-hydrogen) atoms. The van der Waals surface area contributed by atoms with Crippen molar-refractivity contribution in [1.29, 1.82) is 0 Å². The van der Waals surface area contributed by atoms with Crippen LogP contribution in [-0.2, 0) is 0 Å². The summed E-state index contributed by atoms with van der Waals surface area (Å²) in [6.07, 6.45) is 3.70. The Kier molecular flexibility index (Phi) is 2.94. The van der Waals surface area contributed by atoms with Gasteiger partial charge >= 0.3 is 0 Å². The molecule has 2 heterocycles. The number of pyridine rings is 1. The average Bonchev–Trinajstić information content (AvgIpc) is 2.90. The fourth-order valence-electron chi connectivity index (χ4n) is 1.74. The monoisotopic (exact) mass is 299 g/mol. The molecule has 3 rings (SSSR count). The molecule has 88 valence electrons. The molecule has 1 aromatic carbocycles. The van der Waals surface area contributed by atoms with Gasteiger partial charge in [0.2, 0.25) is 0 Å². The van der Waals surface area contributed by atoms with E-state index in [0.29, 0.717) is 0 Å². The molecule has 0 radical (unpaired) electrons. The molecule has 0 spiro atoms. The zero-order valence-corrected chi connectivity index (χ0v) is 11.1. The van der Waals surface area contributed by atoms with E-state index in [-0.39, 0.29) is 0 Å². The maximum atomic E-state index is 4.57. The van der Waals surface area contributed by atoms with Crippen LogP contribution >= 0.6 is 15.9 Å². The molecule has 0 aliphatic carbocycles. The number of rotatable bonds is 2. The summed E-state index contributed by atoms with van der Waals surface area (Å²) in [5.41, 5.74) is 3.01. The summed E-state index contributed by atoms with van der Waals surface area (Å²) in [4.78, 5) is 11.9. The molecule has 4 heteroatoms. The minimum Gasteiger partial charge on any atom is -0.344 e. The van der Waals surface area contributed by atoms with Crippen molar-refractivity contribution in [1.82, 2.24) is 15.0 Å². The molecule has 2 aromatic heterocycles. The van der Waals surface area contributed by atoms with E-state index < -0.39 is 0 Å². The summed E-state index contributed by atoms with van der Waals surface area (Å²) in [6.45, 7) is 0. The highest BCUT2D eigenvalue weighted by molar-refractivity contribution is 9.10. The Morgan fingerprint density at radius 2 is 1.78 bits per heavy atom. The van der Waals surface area contributed by atoms with Gasteiger partial charge in [-0.2, -0.15) is 0 Å². The molecule has 0 aliphatic heterocycles. The van der Waals surface area contributed by atoms with Crippen molar-refractivity contribution in [3.63, 3.8) is 0 Å². The van der Waals surface area contributed by atoms with Crippen LogP contribution in [0.3, 0.4) is 0 Å². The van der Waals surface area contributed by atoms with Gasteiger partial charge in [0, 0.05) is 23.5 Å². The van der Waals surface area contributed by atoms with Crippen LogP contribution in [0.15, 0.2) is 59.5 Å². The SMILES string of the molecule is Brc1ccc(-c2nc(-c3ccccc3)c[nH]2)cn1. The van der Waals surface area contributed by atoms with Gasteiger partial charge in [0.1, 0.15) is 10.4 Å². The van der Waals surface area contributed by atoms with E-state index in [2.05, 4.69) is 30.9 Å². The molecule has 0 atom stereocenters. The first-order valence-electron chi connectivity index (χ1n) is 5.56. The van der Waals surface area contributed by atoms with Crippen molar-refractivity contribution in [2.45, 2.75) is 0 Å². The molecule has 0 amide bonds. The first-order chi connectivity index (χ1) is 8.83. The lowest BCUT2D eigenvalue weighted by Gasteiger charge is -1.96. The van der Waals surface area contributed by atoms with Crippen LogP contribution in [0.2, 0.25) is 0 Å². The normalized spacial score (nSPS) is 10.5. The highest BCUT2D eigenvalue weighted by atomic mass is 79.9. The molecule has 0 aliphatic rings. The van der Waals surface area contributed by atoms with E-state index in [0.717, 1.165) is 27.2 Å². The van der Waals surface area contributed by atoms with Gasteiger partial charge in [-0.3, -0.25) is 0 Å². The van der Waals surface area contributed by atoms with E-state index in [1.54, 1.807) is 6.20 Å². The number of hydrogen-bond acceptors (Lipinski definition) is 2. The van der Waals surface area contributed by atoms with E-state index in [4.69, 9.17) is 0 Å². The number of aromatic amines is 1. The molecule has 3 nitrogen and oxygen atoms in total. The summed E-state index contributed by atoms with van der Waals surface area (Å²) < 4.78 is 0.820. The molecule has 1 N–H and O–H groups in total. The maximum Gasteiger partial charge on any atom is 0.139 e. The van der Waals surface area contributed by atoms with Gasteiger partial charge in [0.05, 0.1) is 5.69 Å². The molecule has 0 saturated heterocycles. The number of benzene rings is 1. The van der Waals surface area contributed by atoms with Gasteiger partial charge in [-0.25, -0.2) is 9.97 Å². The van der Waals surface area contributed by atoms with Gasteiger partial charge in [0.15, 0.2) is 0 Å². The molecule has 0 saturated carbocycles. The van der Waals surface area contributed by atoms with Crippen LogP contribution in [0, 0.1) is 0 Å². The molecular weight excluding hydrogens is 290 g/mol. The minimum absolute atomic E-state index is 0.820. The Morgan fingerprint density at radius 1 is 0.944 bits per heavy atom. The smallest absolute Gasteiger partial charge is 0.139 e. The third-order valence-corrected chi connectivity index (χ3v) is 3.12. The van der Waals surface area contributed by atoms with Crippen LogP contribution in [0.4, 0.5) is 0 Å².